The summed E-state index contributed by atoms with van der Waals surface area (Å²) in [5.41, 5.74) is 2.83. The zero-order chi connectivity index (χ0) is 21.2. The summed E-state index contributed by atoms with van der Waals surface area (Å²) in [5, 5.41) is 3.54. The molecule has 0 bridgehead atoms. The third-order valence-electron chi connectivity index (χ3n) is 4.15. The monoisotopic (exact) mass is 431 g/mol. The lowest BCUT2D eigenvalue weighted by Crippen LogP contribution is -2.13. The number of halogens is 1. The van der Waals surface area contributed by atoms with Crippen molar-refractivity contribution < 1.29 is 8.42 Å². The maximum Gasteiger partial charge on any atom is 0.261 e. The van der Waals surface area contributed by atoms with E-state index in [4.69, 9.17) is 11.6 Å². The van der Waals surface area contributed by atoms with Gasteiger partial charge in [0.1, 0.15) is 5.82 Å². The Bertz CT molecular complexity index is 1130. The van der Waals surface area contributed by atoms with Gasteiger partial charge in [0.25, 0.3) is 10.0 Å². The first-order chi connectivity index (χ1) is 13.6. The third kappa shape index (κ3) is 5.16. The number of rotatable bonds is 6. The van der Waals surface area contributed by atoms with Gasteiger partial charge < -0.3 is 10.2 Å². The Labute approximate surface area is 175 Å². The van der Waals surface area contributed by atoms with E-state index in [2.05, 4.69) is 20.0 Å². The molecule has 152 valence electrons. The van der Waals surface area contributed by atoms with Crippen LogP contribution in [-0.4, -0.2) is 32.5 Å². The van der Waals surface area contributed by atoms with Crippen LogP contribution in [0.2, 0.25) is 5.02 Å². The molecular weight excluding hydrogens is 410 g/mol. The molecule has 7 nitrogen and oxygen atoms in total. The molecule has 3 aromatic rings. The lowest BCUT2D eigenvalue weighted by Gasteiger charge is -2.14. The lowest BCUT2D eigenvalue weighted by atomic mass is 10.2. The van der Waals surface area contributed by atoms with Crippen molar-refractivity contribution in [3.05, 3.63) is 64.8 Å². The van der Waals surface area contributed by atoms with Gasteiger partial charge in [0.05, 0.1) is 4.90 Å². The van der Waals surface area contributed by atoms with Gasteiger partial charge in [0.2, 0.25) is 5.95 Å². The zero-order valence-electron chi connectivity index (χ0n) is 16.6. The molecule has 0 spiro atoms. The van der Waals surface area contributed by atoms with Crippen LogP contribution in [0.3, 0.4) is 0 Å². The van der Waals surface area contributed by atoms with E-state index in [0.29, 0.717) is 16.7 Å². The van der Waals surface area contributed by atoms with Crippen LogP contribution in [0.4, 0.5) is 23.1 Å². The third-order valence-corrected chi connectivity index (χ3v) is 5.93. The molecule has 0 fully saturated rings. The van der Waals surface area contributed by atoms with Gasteiger partial charge in [-0.25, -0.2) is 13.4 Å². The van der Waals surface area contributed by atoms with E-state index < -0.39 is 10.0 Å². The smallest absolute Gasteiger partial charge is 0.261 e. The van der Waals surface area contributed by atoms with E-state index in [9.17, 15) is 8.42 Å². The second kappa shape index (κ2) is 8.26. The second-order valence-corrected chi connectivity index (χ2v) is 8.89. The molecule has 29 heavy (non-hydrogen) atoms. The van der Waals surface area contributed by atoms with Crippen LogP contribution in [0, 0.1) is 13.8 Å². The predicted molar refractivity (Wildman–Crippen MR) is 118 cm³/mol. The maximum atomic E-state index is 12.6. The molecule has 0 aliphatic heterocycles. The molecule has 1 aromatic heterocycles. The fourth-order valence-electron chi connectivity index (χ4n) is 2.54. The summed E-state index contributed by atoms with van der Waals surface area (Å²) < 4.78 is 27.7. The molecule has 0 saturated carbocycles. The summed E-state index contributed by atoms with van der Waals surface area (Å²) in [4.78, 5) is 10.8. The summed E-state index contributed by atoms with van der Waals surface area (Å²) in [6.45, 7) is 3.71. The van der Waals surface area contributed by atoms with E-state index in [1.54, 1.807) is 30.3 Å². The van der Waals surface area contributed by atoms with Gasteiger partial charge in [-0.1, -0.05) is 17.7 Å². The summed E-state index contributed by atoms with van der Waals surface area (Å²) in [5.74, 6) is 1.26. The van der Waals surface area contributed by atoms with Crippen LogP contribution in [0.1, 0.15) is 11.3 Å². The molecular formula is C20H22ClN5O2S. The Kier molecular flexibility index (Phi) is 5.95. The minimum atomic E-state index is -3.73. The number of sulfonamides is 1. The summed E-state index contributed by atoms with van der Waals surface area (Å²) >= 11 is 6.05. The molecule has 0 amide bonds. The predicted octanol–water partition coefficient (Wildman–Crippen LogP) is 4.36. The molecule has 2 N–H and O–H groups in total. The van der Waals surface area contributed by atoms with E-state index in [1.807, 2.05) is 38.9 Å². The minimum absolute atomic E-state index is 0.111. The summed E-state index contributed by atoms with van der Waals surface area (Å²) in [7, 11) is 0.0906. The van der Waals surface area contributed by atoms with Crippen molar-refractivity contribution in [2.24, 2.45) is 0 Å². The molecule has 2 aromatic carbocycles. The van der Waals surface area contributed by atoms with Crippen LogP contribution in [0.15, 0.2) is 53.4 Å². The van der Waals surface area contributed by atoms with Crippen molar-refractivity contribution >= 4 is 44.8 Å². The largest absolute Gasteiger partial charge is 0.363 e. The SMILES string of the molecule is Cc1cc(N(C)C)nc(Nc2ccc(NS(=O)(=O)c3ccc(C)c(Cl)c3)cc2)n1. The second-order valence-electron chi connectivity index (χ2n) is 6.80. The number of nitrogens with one attached hydrogen (secondary N) is 2. The van der Waals surface area contributed by atoms with Crippen LogP contribution in [0.25, 0.3) is 0 Å². The Morgan fingerprint density at radius 2 is 1.59 bits per heavy atom. The van der Waals surface area contributed by atoms with Crippen molar-refractivity contribution in [3.63, 3.8) is 0 Å². The molecule has 1 heterocycles. The van der Waals surface area contributed by atoms with Crippen LogP contribution in [0.5, 0.6) is 0 Å². The fourth-order valence-corrected chi connectivity index (χ4v) is 3.87. The van der Waals surface area contributed by atoms with E-state index in [-0.39, 0.29) is 4.90 Å². The number of aromatic nitrogens is 2. The fraction of sp³-hybridized carbons (Fsp3) is 0.200. The number of anilines is 4. The van der Waals surface area contributed by atoms with Gasteiger partial charge in [-0.2, -0.15) is 4.98 Å². The Morgan fingerprint density at radius 3 is 2.21 bits per heavy atom. The average Bonchev–Trinajstić information content (AvgIpc) is 2.64. The van der Waals surface area contributed by atoms with E-state index in [1.165, 1.54) is 12.1 Å². The highest BCUT2D eigenvalue weighted by molar-refractivity contribution is 7.92. The molecule has 0 atom stereocenters. The van der Waals surface area contributed by atoms with Gasteiger partial charge in [0, 0.05) is 42.3 Å². The van der Waals surface area contributed by atoms with E-state index in [0.717, 1.165) is 22.8 Å². The van der Waals surface area contributed by atoms with Gasteiger partial charge in [-0.3, -0.25) is 4.72 Å². The van der Waals surface area contributed by atoms with Gasteiger partial charge in [-0.05, 0) is 55.8 Å². The molecule has 0 saturated heterocycles. The first-order valence-corrected chi connectivity index (χ1v) is 10.7. The zero-order valence-corrected chi connectivity index (χ0v) is 18.1. The highest BCUT2D eigenvalue weighted by Crippen LogP contribution is 2.24. The quantitative estimate of drug-likeness (QED) is 0.603. The van der Waals surface area contributed by atoms with Crippen molar-refractivity contribution in [3.8, 4) is 0 Å². The molecule has 0 aliphatic rings. The van der Waals surface area contributed by atoms with Gasteiger partial charge in [-0.15, -0.1) is 0 Å². The molecule has 3 rings (SSSR count). The number of hydrogen-bond donors (Lipinski definition) is 2. The van der Waals surface area contributed by atoms with Crippen LogP contribution >= 0.6 is 11.6 Å². The molecule has 0 radical (unpaired) electrons. The highest BCUT2D eigenvalue weighted by Gasteiger charge is 2.15. The van der Waals surface area contributed by atoms with Crippen molar-refractivity contribution in [1.29, 1.82) is 0 Å². The number of hydrogen-bond acceptors (Lipinski definition) is 6. The van der Waals surface area contributed by atoms with Crippen LogP contribution < -0.4 is 14.9 Å². The Balaban J connectivity index is 1.76. The van der Waals surface area contributed by atoms with Crippen molar-refractivity contribution in [2.45, 2.75) is 18.7 Å². The first kappa shape index (κ1) is 20.9. The normalized spacial score (nSPS) is 11.2. The van der Waals surface area contributed by atoms with E-state index >= 15 is 0 Å². The Morgan fingerprint density at radius 1 is 0.931 bits per heavy atom. The Hall–Kier alpha value is -2.84. The van der Waals surface area contributed by atoms with Gasteiger partial charge >= 0.3 is 0 Å². The minimum Gasteiger partial charge on any atom is -0.363 e. The number of nitrogens with zero attached hydrogens (tertiary/aromatic N) is 3. The van der Waals surface area contributed by atoms with Crippen LogP contribution in [-0.2, 0) is 10.0 Å². The van der Waals surface area contributed by atoms with Crippen molar-refractivity contribution in [2.75, 3.05) is 29.0 Å². The average molecular weight is 432 g/mol. The highest BCUT2D eigenvalue weighted by atomic mass is 35.5. The van der Waals surface area contributed by atoms with Crippen molar-refractivity contribution in [1.82, 2.24) is 9.97 Å². The lowest BCUT2D eigenvalue weighted by molar-refractivity contribution is 0.601. The number of benzene rings is 2. The summed E-state index contributed by atoms with van der Waals surface area (Å²) in [6.07, 6.45) is 0. The molecule has 9 heteroatoms. The molecule has 0 aliphatic carbocycles. The number of aryl methyl sites for hydroxylation is 2. The van der Waals surface area contributed by atoms with Gasteiger partial charge in [0.15, 0.2) is 0 Å². The summed E-state index contributed by atoms with van der Waals surface area (Å²) in [6, 6.07) is 13.4. The topological polar surface area (TPSA) is 87.2 Å². The first-order valence-electron chi connectivity index (χ1n) is 8.83. The standard InChI is InChI=1S/C20H22ClN5O2S/c1-13-5-10-17(12-18(13)21)29(27,28)25-16-8-6-15(7-9-16)23-20-22-14(2)11-19(24-20)26(3)4/h5-12,25H,1-4H3,(H,22,23,24). The molecule has 0 unspecified atom stereocenters. The maximum absolute atomic E-state index is 12.6.